The molecule has 36 heavy (non-hydrogen) atoms. The first-order chi connectivity index (χ1) is 17.5. The third-order valence-corrected chi connectivity index (χ3v) is 8.21. The average molecular weight is 479 g/mol. The number of unbranched alkanes of at least 4 members (excludes halogenated alkanes) is 1. The number of hydrogen-bond acceptors (Lipinski definition) is 3. The summed E-state index contributed by atoms with van der Waals surface area (Å²) in [5.74, 6) is -1.97. The lowest BCUT2D eigenvalue weighted by atomic mass is 9.55. The summed E-state index contributed by atoms with van der Waals surface area (Å²) in [6.07, 6.45) is 2.09. The Balaban J connectivity index is 1.40. The van der Waals surface area contributed by atoms with Crippen molar-refractivity contribution < 1.29 is 14.4 Å². The molecule has 0 spiro atoms. The van der Waals surface area contributed by atoms with Crippen molar-refractivity contribution in [2.45, 2.75) is 51.0 Å². The van der Waals surface area contributed by atoms with Crippen molar-refractivity contribution in [3.05, 3.63) is 101 Å². The van der Waals surface area contributed by atoms with Crippen molar-refractivity contribution in [2.75, 3.05) is 5.32 Å². The molecule has 0 radical (unpaired) electrons. The Labute approximate surface area is 211 Å². The molecule has 182 valence electrons. The second-order valence-corrected chi connectivity index (χ2v) is 10.3. The average Bonchev–Trinajstić information content (AvgIpc) is 3.15. The molecule has 2 bridgehead atoms. The second kappa shape index (κ2) is 8.74. The van der Waals surface area contributed by atoms with Crippen LogP contribution in [0.1, 0.15) is 65.8 Å². The number of benzene rings is 3. The minimum Gasteiger partial charge on any atom is -0.324 e. The molecule has 1 saturated heterocycles. The number of amides is 3. The number of aryl methyl sites for hydroxylation is 1. The predicted molar refractivity (Wildman–Crippen MR) is 139 cm³/mol. The molecule has 1 heterocycles. The molecule has 0 aromatic heterocycles. The topological polar surface area (TPSA) is 66.5 Å². The summed E-state index contributed by atoms with van der Waals surface area (Å²) in [7, 11) is 0. The van der Waals surface area contributed by atoms with Crippen molar-refractivity contribution in [1.82, 2.24) is 4.90 Å². The Morgan fingerprint density at radius 2 is 1.36 bits per heavy atom. The lowest BCUT2D eigenvalue weighted by Crippen LogP contribution is -2.48. The molecule has 3 aromatic rings. The van der Waals surface area contributed by atoms with Gasteiger partial charge in [0.05, 0.1) is 11.8 Å². The van der Waals surface area contributed by atoms with E-state index in [2.05, 4.69) is 36.5 Å². The smallest absolute Gasteiger partial charge is 0.247 e. The summed E-state index contributed by atoms with van der Waals surface area (Å²) in [6.45, 7) is 4.02. The van der Waals surface area contributed by atoms with Gasteiger partial charge in [0, 0.05) is 17.5 Å². The third-order valence-electron chi connectivity index (χ3n) is 8.21. The molecule has 1 fully saturated rings. The van der Waals surface area contributed by atoms with E-state index < -0.39 is 17.9 Å². The predicted octanol–water partition coefficient (Wildman–Crippen LogP) is 5.38. The van der Waals surface area contributed by atoms with Crippen molar-refractivity contribution in [1.29, 1.82) is 0 Å². The van der Waals surface area contributed by atoms with Crippen LogP contribution in [0.3, 0.4) is 0 Å². The molecule has 4 aliphatic rings. The van der Waals surface area contributed by atoms with E-state index in [0.717, 1.165) is 40.7 Å². The van der Waals surface area contributed by atoms with Gasteiger partial charge in [-0.2, -0.15) is 0 Å². The monoisotopic (exact) mass is 478 g/mol. The van der Waals surface area contributed by atoms with E-state index in [1.54, 1.807) is 0 Å². The number of likely N-dealkylation sites (tertiary alicyclic amines) is 1. The highest BCUT2D eigenvalue weighted by atomic mass is 16.2. The normalized spacial score (nSPS) is 24.2. The lowest BCUT2D eigenvalue weighted by Gasteiger charge is -2.45. The Kier molecular flexibility index (Phi) is 5.51. The summed E-state index contributed by atoms with van der Waals surface area (Å²) in [5, 5.41) is 2.98. The van der Waals surface area contributed by atoms with Crippen LogP contribution < -0.4 is 5.32 Å². The number of imide groups is 1. The van der Waals surface area contributed by atoms with E-state index in [1.165, 1.54) is 4.90 Å². The molecule has 5 nitrogen and oxygen atoms in total. The number of hydrogen-bond donors (Lipinski definition) is 1. The van der Waals surface area contributed by atoms with Gasteiger partial charge in [-0.05, 0) is 53.3 Å². The molecular formula is C31H30N2O3. The number of carbonyl (C=O) groups excluding carboxylic acids is 3. The van der Waals surface area contributed by atoms with Gasteiger partial charge in [-0.1, -0.05) is 80.4 Å². The van der Waals surface area contributed by atoms with E-state index >= 15 is 0 Å². The van der Waals surface area contributed by atoms with Gasteiger partial charge in [0.1, 0.15) is 6.04 Å². The Hall–Kier alpha value is -3.73. The van der Waals surface area contributed by atoms with Crippen LogP contribution in [0.25, 0.3) is 0 Å². The molecule has 3 aliphatic carbocycles. The molecule has 3 amide bonds. The summed E-state index contributed by atoms with van der Waals surface area (Å²) in [6, 6.07) is 23.2. The Morgan fingerprint density at radius 3 is 1.83 bits per heavy atom. The summed E-state index contributed by atoms with van der Waals surface area (Å²) in [5.41, 5.74) is 6.27. The van der Waals surface area contributed by atoms with E-state index in [9.17, 15) is 14.4 Å². The summed E-state index contributed by atoms with van der Waals surface area (Å²) >= 11 is 0. The number of anilines is 1. The fourth-order valence-corrected chi connectivity index (χ4v) is 6.73. The zero-order valence-corrected chi connectivity index (χ0v) is 20.6. The maximum atomic E-state index is 14.1. The van der Waals surface area contributed by atoms with E-state index in [1.807, 2.05) is 55.5 Å². The molecule has 5 heteroatoms. The van der Waals surface area contributed by atoms with Gasteiger partial charge in [-0.15, -0.1) is 0 Å². The number of rotatable bonds is 6. The van der Waals surface area contributed by atoms with Gasteiger partial charge >= 0.3 is 0 Å². The Bertz CT molecular complexity index is 1260. The van der Waals surface area contributed by atoms with E-state index in [0.29, 0.717) is 12.1 Å². The molecule has 3 atom stereocenters. The zero-order valence-electron chi connectivity index (χ0n) is 20.6. The van der Waals surface area contributed by atoms with Crippen molar-refractivity contribution in [3.63, 3.8) is 0 Å². The van der Waals surface area contributed by atoms with Crippen LogP contribution in [-0.2, 0) is 14.4 Å². The fourth-order valence-electron chi connectivity index (χ4n) is 6.73. The molecule has 7 rings (SSSR count). The highest BCUT2D eigenvalue weighted by Crippen LogP contribution is 2.61. The van der Waals surface area contributed by atoms with Crippen molar-refractivity contribution >= 4 is 23.4 Å². The highest BCUT2D eigenvalue weighted by Gasteiger charge is 2.62. The van der Waals surface area contributed by atoms with Crippen molar-refractivity contribution in [2.24, 2.45) is 11.8 Å². The standard InChI is InChI=1S/C31H30N2O3/c1-3-4-16-24(29(34)32-19-11-9-10-18(2)17-19)33-30(35)27-25-20-12-5-6-13-21(20)26(28(27)31(33)36)23-15-8-7-14-22(23)25/h5-15,17,24-28H,3-4,16H2,1-2H3,(H,32,34). The molecule has 3 aromatic carbocycles. The largest absolute Gasteiger partial charge is 0.324 e. The summed E-state index contributed by atoms with van der Waals surface area (Å²) < 4.78 is 0. The fraction of sp³-hybridized carbons (Fsp3) is 0.323. The number of carbonyl (C=O) groups is 3. The minimum absolute atomic E-state index is 0.166. The van der Waals surface area contributed by atoms with Gasteiger partial charge in [-0.3, -0.25) is 19.3 Å². The maximum Gasteiger partial charge on any atom is 0.247 e. The van der Waals surface area contributed by atoms with Crippen LogP contribution >= 0.6 is 0 Å². The first kappa shape index (κ1) is 22.7. The minimum atomic E-state index is -0.818. The first-order valence-electron chi connectivity index (χ1n) is 12.9. The van der Waals surface area contributed by atoms with Crippen LogP contribution in [0.4, 0.5) is 5.69 Å². The lowest BCUT2D eigenvalue weighted by molar-refractivity contribution is -0.147. The SMILES string of the molecule is CCCCC(C(=O)Nc1cccc(C)c1)N1C(=O)C2C3c4ccccc4C(c4ccccc43)C2C1=O. The molecule has 3 unspecified atom stereocenters. The highest BCUT2D eigenvalue weighted by molar-refractivity contribution is 6.11. The quantitative estimate of drug-likeness (QED) is 0.484. The molecule has 0 saturated carbocycles. The van der Waals surface area contributed by atoms with Crippen LogP contribution in [0, 0.1) is 18.8 Å². The van der Waals surface area contributed by atoms with Crippen LogP contribution in [-0.4, -0.2) is 28.7 Å². The number of nitrogens with one attached hydrogen (secondary N) is 1. The van der Waals surface area contributed by atoms with Crippen molar-refractivity contribution in [3.8, 4) is 0 Å². The van der Waals surface area contributed by atoms with Gasteiger partial charge in [0.15, 0.2) is 0 Å². The van der Waals surface area contributed by atoms with E-state index in [-0.39, 0.29) is 29.6 Å². The molecule has 1 N–H and O–H groups in total. The summed E-state index contributed by atoms with van der Waals surface area (Å²) in [4.78, 5) is 43.1. The van der Waals surface area contributed by atoms with Crippen LogP contribution in [0.5, 0.6) is 0 Å². The zero-order chi connectivity index (χ0) is 25.0. The molecule has 1 aliphatic heterocycles. The molecular weight excluding hydrogens is 448 g/mol. The Morgan fingerprint density at radius 1 is 0.833 bits per heavy atom. The van der Waals surface area contributed by atoms with E-state index in [4.69, 9.17) is 0 Å². The van der Waals surface area contributed by atoms with Crippen LogP contribution in [0.15, 0.2) is 72.8 Å². The van der Waals surface area contributed by atoms with Crippen LogP contribution in [0.2, 0.25) is 0 Å². The maximum absolute atomic E-state index is 14.1. The van der Waals surface area contributed by atoms with Gasteiger partial charge in [-0.25, -0.2) is 0 Å². The second-order valence-electron chi connectivity index (χ2n) is 10.3. The van der Waals surface area contributed by atoms with Gasteiger partial charge in [0.25, 0.3) is 0 Å². The van der Waals surface area contributed by atoms with Gasteiger partial charge in [0.2, 0.25) is 17.7 Å². The third kappa shape index (κ3) is 3.33. The van der Waals surface area contributed by atoms with Gasteiger partial charge < -0.3 is 5.32 Å². The number of nitrogens with zero attached hydrogens (tertiary/aromatic N) is 1. The first-order valence-corrected chi connectivity index (χ1v) is 12.9.